The number of ether oxygens (including phenoxy) is 1. The maximum atomic E-state index is 13.9. The maximum absolute atomic E-state index is 13.9. The van der Waals surface area contributed by atoms with Gasteiger partial charge in [-0.2, -0.15) is 0 Å². The second-order valence-corrected chi connectivity index (χ2v) is 10.4. The van der Waals surface area contributed by atoms with Gasteiger partial charge >= 0.3 is 5.97 Å². The Labute approximate surface area is 217 Å². The number of carbonyl (C=O) groups excluding carboxylic acids is 3. The molecule has 0 saturated carbocycles. The third-order valence-corrected chi connectivity index (χ3v) is 8.24. The quantitative estimate of drug-likeness (QED) is 0.159. The Hall–Kier alpha value is -3.73. The molecule has 0 radical (unpaired) electrons. The van der Waals surface area contributed by atoms with Crippen molar-refractivity contribution < 1.29 is 19.1 Å². The van der Waals surface area contributed by atoms with Gasteiger partial charge in [0.1, 0.15) is 5.75 Å². The molecular formula is C32H31NO4. The summed E-state index contributed by atoms with van der Waals surface area (Å²) in [5.41, 5.74) is 5.06. The third kappa shape index (κ3) is 3.88. The van der Waals surface area contributed by atoms with E-state index in [4.69, 9.17) is 4.74 Å². The first-order valence-corrected chi connectivity index (χ1v) is 13.5. The van der Waals surface area contributed by atoms with Gasteiger partial charge in [-0.25, -0.2) is 4.90 Å². The summed E-state index contributed by atoms with van der Waals surface area (Å²) < 4.78 is 5.58. The first-order chi connectivity index (χ1) is 18.1. The van der Waals surface area contributed by atoms with E-state index in [1.807, 2.05) is 24.3 Å². The number of hydrogen-bond donors (Lipinski definition) is 0. The van der Waals surface area contributed by atoms with Gasteiger partial charge in [-0.3, -0.25) is 14.4 Å². The lowest BCUT2D eigenvalue weighted by atomic mass is 9.55. The molecule has 0 aromatic heterocycles. The van der Waals surface area contributed by atoms with E-state index in [0.29, 0.717) is 17.9 Å². The zero-order chi connectivity index (χ0) is 25.5. The molecule has 0 spiro atoms. The van der Waals surface area contributed by atoms with Gasteiger partial charge in [0.25, 0.3) is 0 Å². The van der Waals surface area contributed by atoms with Crippen molar-refractivity contribution in [2.24, 2.45) is 11.8 Å². The van der Waals surface area contributed by atoms with Crippen LogP contribution in [0.1, 0.15) is 79.5 Å². The topological polar surface area (TPSA) is 63.7 Å². The Morgan fingerprint density at radius 2 is 1.27 bits per heavy atom. The van der Waals surface area contributed by atoms with E-state index in [-0.39, 0.29) is 29.6 Å². The molecule has 1 heterocycles. The molecule has 2 atom stereocenters. The summed E-state index contributed by atoms with van der Waals surface area (Å²) in [5.74, 6) is -1.42. The number of imide groups is 1. The van der Waals surface area contributed by atoms with Crippen LogP contribution in [0, 0.1) is 11.8 Å². The van der Waals surface area contributed by atoms with E-state index >= 15 is 0 Å². The molecule has 188 valence electrons. The minimum absolute atomic E-state index is 0.141. The molecule has 7 rings (SSSR count). The number of anilines is 1. The molecule has 3 aromatic rings. The number of nitrogens with zero attached hydrogens (tertiary/aromatic N) is 1. The molecule has 2 amide bonds. The van der Waals surface area contributed by atoms with Gasteiger partial charge in [0.2, 0.25) is 11.8 Å². The summed E-state index contributed by atoms with van der Waals surface area (Å²) >= 11 is 0. The van der Waals surface area contributed by atoms with E-state index < -0.39 is 11.8 Å². The zero-order valence-corrected chi connectivity index (χ0v) is 21.1. The highest BCUT2D eigenvalue weighted by molar-refractivity contribution is 6.23. The lowest BCUT2D eigenvalue weighted by molar-refractivity contribution is -0.134. The standard InChI is InChI=1S/C32H31NO4/c1-2-3-4-5-6-18-26(34)37-21-13-11-12-20(19-21)33-31(35)29-27-22-14-7-8-15-23(22)28(30(29)32(33)36)25-17-10-9-16-24(25)27/h7-17,19,27-30H,2-6,18H2,1H3. The van der Waals surface area contributed by atoms with Crippen LogP contribution < -0.4 is 9.64 Å². The molecule has 2 bridgehead atoms. The number of benzene rings is 3. The van der Waals surface area contributed by atoms with E-state index in [1.165, 1.54) is 11.3 Å². The van der Waals surface area contributed by atoms with Crippen LogP contribution >= 0.6 is 0 Å². The van der Waals surface area contributed by atoms with Crippen LogP contribution in [0.25, 0.3) is 0 Å². The highest BCUT2D eigenvalue weighted by atomic mass is 16.5. The molecule has 1 fully saturated rings. The highest BCUT2D eigenvalue weighted by Crippen LogP contribution is 2.61. The van der Waals surface area contributed by atoms with Crippen LogP contribution in [0.4, 0.5) is 5.69 Å². The first-order valence-electron chi connectivity index (χ1n) is 13.5. The number of hydrogen-bond acceptors (Lipinski definition) is 4. The Morgan fingerprint density at radius 3 is 1.81 bits per heavy atom. The Bertz CT molecular complexity index is 1260. The smallest absolute Gasteiger partial charge is 0.311 e. The van der Waals surface area contributed by atoms with Crippen LogP contribution in [0.5, 0.6) is 5.75 Å². The number of carbonyl (C=O) groups is 3. The minimum Gasteiger partial charge on any atom is -0.426 e. The van der Waals surface area contributed by atoms with Crippen LogP contribution in [0.3, 0.4) is 0 Å². The Morgan fingerprint density at radius 1 is 0.730 bits per heavy atom. The molecule has 1 aliphatic heterocycles. The summed E-state index contributed by atoms with van der Waals surface area (Å²) in [5, 5.41) is 0. The van der Waals surface area contributed by atoms with Crippen LogP contribution in [0.15, 0.2) is 72.8 Å². The van der Waals surface area contributed by atoms with Crippen LogP contribution in [0.2, 0.25) is 0 Å². The molecule has 3 aromatic carbocycles. The molecule has 3 aliphatic carbocycles. The van der Waals surface area contributed by atoms with Crippen molar-refractivity contribution >= 4 is 23.5 Å². The molecule has 1 saturated heterocycles. The molecule has 5 nitrogen and oxygen atoms in total. The maximum Gasteiger partial charge on any atom is 0.311 e. The normalized spacial score (nSPS) is 23.0. The predicted octanol–water partition coefficient (Wildman–Crippen LogP) is 6.35. The van der Waals surface area contributed by atoms with Crippen molar-refractivity contribution in [3.8, 4) is 5.75 Å². The average Bonchev–Trinajstić information content (AvgIpc) is 3.19. The van der Waals surface area contributed by atoms with Gasteiger partial charge < -0.3 is 4.74 Å². The van der Waals surface area contributed by atoms with Gasteiger partial charge in [-0.15, -0.1) is 0 Å². The highest BCUT2D eigenvalue weighted by Gasteiger charge is 2.61. The second-order valence-electron chi connectivity index (χ2n) is 10.4. The van der Waals surface area contributed by atoms with Gasteiger partial charge in [0.15, 0.2) is 0 Å². The first kappa shape index (κ1) is 23.7. The summed E-state index contributed by atoms with van der Waals surface area (Å²) in [6.07, 6.45) is 5.63. The average molecular weight is 494 g/mol. The fourth-order valence-corrected chi connectivity index (χ4v) is 6.67. The van der Waals surface area contributed by atoms with E-state index in [0.717, 1.165) is 47.9 Å². The Kier molecular flexibility index (Phi) is 6.15. The Balaban J connectivity index is 1.27. The van der Waals surface area contributed by atoms with Crippen LogP contribution in [-0.2, 0) is 14.4 Å². The van der Waals surface area contributed by atoms with Crippen LogP contribution in [-0.4, -0.2) is 17.8 Å². The lowest BCUT2D eigenvalue weighted by Crippen LogP contribution is -2.41. The number of rotatable bonds is 8. The SMILES string of the molecule is CCCCCCCC(=O)Oc1cccc(N2C(=O)C3C4c5ccccc5C(c5ccccc54)C3C2=O)c1. The van der Waals surface area contributed by atoms with Gasteiger partial charge in [0.05, 0.1) is 17.5 Å². The second kappa shape index (κ2) is 9.62. The minimum atomic E-state index is -0.434. The number of amides is 2. The summed E-state index contributed by atoms with van der Waals surface area (Å²) in [6.45, 7) is 2.16. The summed E-state index contributed by atoms with van der Waals surface area (Å²) in [7, 11) is 0. The number of esters is 1. The molecule has 0 N–H and O–H groups in total. The van der Waals surface area contributed by atoms with Crippen molar-refractivity contribution in [1.82, 2.24) is 0 Å². The predicted molar refractivity (Wildman–Crippen MR) is 141 cm³/mol. The third-order valence-electron chi connectivity index (χ3n) is 8.24. The molecule has 2 unspecified atom stereocenters. The van der Waals surface area contributed by atoms with Crippen molar-refractivity contribution in [3.05, 3.63) is 95.1 Å². The van der Waals surface area contributed by atoms with Crippen molar-refractivity contribution in [2.45, 2.75) is 57.3 Å². The molecule has 37 heavy (non-hydrogen) atoms. The van der Waals surface area contributed by atoms with Gasteiger partial charge in [-0.1, -0.05) is 87.2 Å². The van der Waals surface area contributed by atoms with Crippen molar-refractivity contribution in [3.63, 3.8) is 0 Å². The van der Waals surface area contributed by atoms with Crippen molar-refractivity contribution in [1.29, 1.82) is 0 Å². The van der Waals surface area contributed by atoms with Crippen molar-refractivity contribution in [2.75, 3.05) is 4.90 Å². The zero-order valence-electron chi connectivity index (χ0n) is 21.1. The molecule has 4 aliphatic rings. The molecular weight excluding hydrogens is 462 g/mol. The van der Waals surface area contributed by atoms with Gasteiger partial charge in [0, 0.05) is 24.3 Å². The monoisotopic (exact) mass is 493 g/mol. The van der Waals surface area contributed by atoms with E-state index in [1.54, 1.807) is 24.3 Å². The fourth-order valence-electron chi connectivity index (χ4n) is 6.67. The summed E-state index contributed by atoms with van der Waals surface area (Å²) in [6, 6.07) is 23.3. The van der Waals surface area contributed by atoms with E-state index in [2.05, 4.69) is 31.2 Å². The fraction of sp³-hybridized carbons (Fsp3) is 0.344. The largest absolute Gasteiger partial charge is 0.426 e. The summed E-state index contributed by atoms with van der Waals surface area (Å²) in [4.78, 5) is 41.6. The van der Waals surface area contributed by atoms with E-state index in [9.17, 15) is 14.4 Å². The number of unbranched alkanes of at least 4 members (excludes halogenated alkanes) is 4. The lowest BCUT2D eigenvalue weighted by Gasteiger charge is -2.45. The molecule has 5 heteroatoms. The van der Waals surface area contributed by atoms with Gasteiger partial charge in [-0.05, 0) is 40.8 Å².